The number of amides is 1. The summed E-state index contributed by atoms with van der Waals surface area (Å²) < 4.78 is 0. The summed E-state index contributed by atoms with van der Waals surface area (Å²) in [6, 6.07) is -0.503. The van der Waals surface area contributed by atoms with Crippen LogP contribution < -0.4 is 11.1 Å². The first-order valence-corrected chi connectivity index (χ1v) is 3.68. The first kappa shape index (κ1) is 10.4. The molecule has 0 aromatic rings. The molecule has 1 unspecified atom stereocenters. The van der Waals surface area contributed by atoms with Crippen LogP contribution in [0.5, 0.6) is 0 Å². The van der Waals surface area contributed by atoms with Gasteiger partial charge in [-0.3, -0.25) is 4.79 Å². The highest BCUT2D eigenvalue weighted by molar-refractivity contribution is 5.80. The Morgan fingerprint density at radius 2 is 1.91 bits per heavy atom. The van der Waals surface area contributed by atoms with Crippen LogP contribution in [0, 0.1) is 0 Å². The average Bonchev–Trinajstić information content (AvgIpc) is 1.81. The van der Waals surface area contributed by atoms with E-state index in [1.54, 1.807) is 0 Å². The maximum absolute atomic E-state index is 10.7. The van der Waals surface area contributed by atoms with Gasteiger partial charge >= 0.3 is 0 Å². The van der Waals surface area contributed by atoms with Crippen molar-refractivity contribution in [3.05, 3.63) is 0 Å². The highest BCUT2D eigenvalue weighted by Crippen LogP contribution is 1.93. The second-order valence-electron chi connectivity index (χ2n) is 2.94. The quantitative estimate of drug-likeness (QED) is 0.505. The van der Waals surface area contributed by atoms with Crippen LogP contribution in [0.2, 0.25) is 0 Å². The lowest BCUT2D eigenvalue weighted by Crippen LogP contribution is -2.50. The molecule has 0 rings (SSSR count). The fourth-order valence-electron chi connectivity index (χ4n) is 0.818. The Balaban J connectivity index is 4.01. The van der Waals surface area contributed by atoms with Crippen LogP contribution >= 0.6 is 0 Å². The van der Waals surface area contributed by atoms with Crippen LogP contribution in [0.1, 0.15) is 20.8 Å². The molecule has 0 aromatic carbocycles. The lowest BCUT2D eigenvalue weighted by Gasteiger charge is -2.20. The smallest absolute Gasteiger partial charge is 0.237 e. The van der Waals surface area contributed by atoms with E-state index in [9.17, 15) is 4.79 Å². The molecule has 0 aromatic heterocycles. The average molecular weight is 160 g/mol. The highest BCUT2D eigenvalue weighted by atomic mass is 16.3. The van der Waals surface area contributed by atoms with Crippen molar-refractivity contribution in [3.63, 3.8) is 0 Å². The van der Waals surface area contributed by atoms with Crippen molar-refractivity contribution < 1.29 is 9.90 Å². The van der Waals surface area contributed by atoms with Gasteiger partial charge in [0, 0.05) is 6.04 Å². The third-order valence-electron chi connectivity index (χ3n) is 1.30. The van der Waals surface area contributed by atoms with E-state index in [1.807, 2.05) is 13.8 Å². The Kier molecular flexibility index (Phi) is 4.07. The van der Waals surface area contributed by atoms with Crippen molar-refractivity contribution in [3.8, 4) is 0 Å². The third-order valence-corrected chi connectivity index (χ3v) is 1.30. The molecular formula is C7H16N2O2. The predicted octanol–water partition coefficient (Wildman–Crippen LogP) is -0.781. The lowest BCUT2D eigenvalue weighted by molar-refractivity contribution is -0.122. The topological polar surface area (TPSA) is 75.3 Å². The maximum Gasteiger partial charge on any atom is 0.237 e. The van der Waals surface area contributed by atoms with Crippen molar-refractivity contribution in [2.45, 2.75) is 39.0 Å². The molecule has 0 spiro atoms. The second-order valence-corrected chi connectivity index (χ2v) is 2.94. The lowest BCUT2D eigenvalue weighted by atomic mass is 10.1. The van der Waals surface area contributed by atoms with Gasteiger partial charge in [-0.2, -0.15) is 0 Å². The summed E-state index contributed by atoms with van der Waals surface area (Å²) in [6.45, 7) is 5.31. The van der Waals surface area contributed by atoms with Gasteiger partial charge in [0.1, 0.15) is 6.04 Å². The number of primary amides is 1. The number of carbonyl (C=O) groups is 1. The van der Waals surface area contributed by atoms with Crippen LogP contribution in [0.4, 0.5) is 0 Å². The molecular weight excluding hydrogens is 144 g/mol. The third kappa shape index (κ3) is 3.95. The molecule has 0 bridgehead atoms. The molecule has 11 heavy (non-hydrogen) atoms. The Bertz CT molecular complexity index is 134. The molecule has 4 heteroatoms. The molecule has 0 saturated heterocycles. The summed E-state index contributed by atoms with van der Waals surface area (Å²) in [5, 5.41) is 11.9. The zero-order valence-electron chi connectivity index (χ0n) is 7.16. The summed E-state index contributed by atoms with van der Waals surface area (Å²) in [5.41, 5.74) is 5.02. The molecule has 4 N–H and O–H groups in total. The van der Waals surface area contributed by atoms with Gasteiger partial charge in [-0.1, -0.05) is 13.8 Å². The summed E-state index contributed by atoms with van der Waals surface area (Å²) >= 11 is 0. The van der Waals surface area contributed by atoms with E-state index in [0.717, 1.165) is 0 Å². The fourth-order valence-corrected chi connectivity index (χ4v) is 0.818. The highest BCUT2D eigenvalue weighted by Gasteiger charge is 2.20. The van der Waals surface area contributed by atoms with E-state index in [1.165, 1.54) is 6.92 Å². The second kappa shape index (κ2) is 4.31. The van der Waals surface area contributed by atoms with Crippen molar-refractivity contribution in [1.29, 1.82) is 0 Å². The van der Waals surface area contributed by atoms with Crippen molar-refractivity contribution >= 4 is 5.91 Å². The Hall–Kier alpha value is -0.610. The Morgan fingerprint density at radius 1 is 1.45 bits per heavy atom. The normalized spacial score (nSPS) is 16.5. The molecule has 2 atom stereocenters. The Morgan fingerprint density at radius 3 is 2.00 bits per heavy atom. The minimum Gasteiger partial charge on any atom is -0.391 e. The molecule has 0 aliphatic heterocycles. The largest absolute Gasteiger partial charge is 0.391 e. The molecule has 0 saturated carbocycles. The SMILES string of the molecule is CC(C)NC(C(N)=O)[C@@H](C)O. The number of nitrogens with one attached hydrogen (secondary N) is 1. The summed E-state index contributed by atoms with van der Waals surface area (Å²) in [4.78, 5) is 10.7. The number of carbonyl (C=O) groups excluding carboxylic acids is 1. The van der Waals surface area contributed by atoms with Gasteiger partial charge in [0.25, 0.3) is 0 Å². The van der Waals surface area contributed by atoms with Gasteiger partial charge < -0.3 is 16.2 Å². The van der Waals surface area contributed by atoms with Crippen molar-refractivity contribution in [2.24, 2.45) is 5.73 Å². The summed E-state index contributed by atoms with van der Waals surface area (Å²) in [6.07, 6.45) is -0.741. The molecule has 66 valence electrons. The van der Waals surface area contributed by atoms with E-state index < -0.39 is 18.1 Å². The monoisotopic (exact) mass is 160 g/mol. The predicted molar refractivity (Wildman–Crippen MR) is 42.9 cm³/mol. The molecule has 0 aliphatic rings. The number of aliphatic hydroxyl groups is 1. The van der Waals surface area contributed by atoms with E-state index in [4.69, 9.17) is 10.8 Å². The molecule has 0 aliphatic carbocycles. The van der Waals surface area contributed by atoms with Gasteiger partial charge in [-0.05, 0) is 6.92 Å². The zero-order valence-corrected chi connectivity index (χ0v) is 7.16. The van der Waals surface area contributed by atoms with Crippen molar-refractivity contribution in [2.75, 3.05) is 0 Å². The van der Waals surface area contributed by atoms with Crippen LogP contribution in [0.15, 0.2) is 0 Å². The van der Waals surface area contributed by atoms with Crippen LogP contribution in [-0.2, 0) is 4.79 Å². The van der Waals surface area contributed by atoms with E-state index in [0.29, 0.717) is 0 Å². The summed E-state index contributed by atoms with van der Waals surface area (Å²) in [5.74, 6) is -0.520. The van der Waals surface area contributed by atoms with Crippen LogP contribution in [0.3, 0.4) is 0 Å². The minimum atomic E-state index is -0.741. The summed E-state index contributed by atoms with van der Waals surface area (Å²) in [7, 11) is 0. The van der Waals surface area contributed by atoms with E-state index >= 15 is 0 Å². The van der Waals surface area contributed by atoms with Crippen molar-refractivity contribution in [1.82, 2.24) is 5.32 Å². The van der Waals surface area contributed by atoms with Gasteiger partial charge in [0.2, 0.25) is 5.91 Å². The molecule has 0 fully saturated rings. The molecule has 0 heterocycles. The van der Waals surface area contributed by atoms with Gasteiger partial charge in [-0.25, -0.2) is 0 Å². The standard InChI is InChI=1S/C7H16N2O2/c1-4(2)9-6(5(3)10)7(8)11/h4-6,9-10H,1-3H3,(H2,8,11)/t5-,6?/m1/s1. The van der Waals surface area contributed by atoms with Crippen LogP contribution in [0.25, 0.3) is 0 Å². The molecule has 0 radical (unpaired) electrons. The van der Waals surface area contributed by atoms with Gasteiger partial charge in [-0.15, -0.1) is 0 Å². The van der Waals surface area contributed by atoms with Crippen LogP contribution in [-0.4, -0.2) is 29.2 Å². The number of rotatable bonds is 4. The number of aliphatic hydroxyl groups excluding tert-OH is 1. The Labute approximate surface area is 66.8 Å². The van der Waals surface area contributed by atoms with E-state index in [-0.39, 0.29) is 6.04 Å². The zero-order chi connectivity index (χ0) is 9.02. The maximum atomic E-state index is 10.7. The minimum absolute atomic E-state index is 0.141. The number of hydrogen-bond donors (Lipinski definition) is 3. The fraction of sp³-hybridized carbons (Fsp3) is 0.857. The van der Waals surface area contributed by atoms with Gasteiger partial charge in [0.05, 0.1) is 6.10 Å². The van der Waals surface area contributed by atoms with Gasteiger partial charge in [0.15, 0.2) is 0 Å². The molecule has 1 amide bonds. The van der Waals surface area contributed by atoms with E-state index in [2.05, 4.69) is 5.32 Å². The molecule has 4 nitrogen and oxygen atoms in total. The first-order valence-electron chi connectivity index (χ1n) is 3.68. The first-order chi connectivity index (χ1) is 4.95. The number of hydrogen-bond acceptors (Lipinski definition) is 3. The number of nitrogens with two attached hydrogens (primary N) is 1.